The lowest BCUT2D eigenvalue weighted by molar-refractivity contribution is 0.380. The van der Waals surface area contributed by atoms with Crippen LogP contribution in [0.4, 0.5) is 5.69 Å². The van der Waals surface area contributed by atoms with E-state index in [4.69, 9.17) is 4.52 Å². The van der Waals surface area contributed by atoms with Crippen molar-refractivity contribution in [1.82, 2.24) is 15.1 Å². The van der Waals surface area contributed by atoms with E-state index in [2.05, 4.69) is 20.4 Å². The van der Waals surface area contributed by atoms with Gasteiger partial charge in [-0.1, -0.05) is 5.16 Å². The van der Waals surface area contributed by atoms with E-state index in [-0.39, 0.29) is 0 Å². The normalized spacial score (nSPS) is 10.0. The van der Waals surface area contributed by atoms with E-state index >= 15 is 0 Å². The summed E-state index contributed by atoms with van der Waals surface area (Å²) < 4.78 is 4.86. The SMILES string of the molecule is c1cc(NCCc2ncno2)ccn1. The van der Waals surface area contributed by atoms with Gasteiger partial charge in [0.1, 0.15) is 0 Å². The smallest absolute Gasteiger partial charge is 0.228 e. The summed E-state index contributed by atoms with van der Waals surface area (Å²) in [5, 5.41) is 6.74. The molecule has 2 rings (SSSR count). The minimum atomic E-state index is 0.645. The third kappa shape index (κ3) is 2.29. The Balaban J connectivity index is 1.79. The van der Waals surface area contributed by atoms with Crippen molar-refractivity contribution in [2.45, 2.75) is 6.42 Å². The van der Waals surface area contributed by atoms with Gasteiger partial charge >= 0.3 is 0 Å². The van der Waals surface area contributed by atoms with Gasteiger partial charge in [0.05, 0.1) is 0 Å². The van der Waals surface area contributed by atoms with Crippen LogP contribution in [0, 0.1) is 0 Å². The second-order valence-electron chi connectivity index (χ2n) is 2.75. The van der Waals surface area contributed by atoms with Crippen molar-refractivity contribution in [1.29, 1.82) is 0 Å². The molecule has 0 amide bonds. The predicted octanol–water partition coefficient (Wildman–Crippen LogP) is 1.12. The first-order valence-corrected chi connectivity index (χ1v) is 4.34. The zero-order valence-electron chi connectivity index (χ0n) is 7.55. The minimum absolute atomic E-state index is 0.645. The molecule has 0 aliphatic heterocycles. The van der Waals surface area contributed by atoms with Crippen LogP contribution >= 0.6 is 0 Å². The summed E-state index contributed by atoms with van der Waals surface area (Å²) in [7, 11) is 0. The van der Waals surface area contributed by atoms with Crippen LogP contribution in [-0.4, -0.2) is 21.7 Å². The number of anilines is 1. The van der Waals surface area contributed by atoms with Gasteiger partial charge in [0.25, 0.3) is 0 Å². The van der Waals surface area contributed by atoms with Crippen LogP contribution in [0.2, 0.25) is 0 Å². The topological polar surface area (TPSA) is 63.8 Å². The maximum Gasteiger partial charge on any atom is 0.228 e. The highest BCUT2D eigenvalue weighted by molar-refractivity contribution is 5.40. The maximum atomic E-state index is 4.86. The summed E-state index contributed by atoms with van der Waals surface area (Å²) in [5.41, 5.74) is 1.04. The molecule has 0 aromatic carbocycles. The van der Waals surface area contributed by atoms with E-state index in [9.17, 15) is 0 Å². The Labute approximate surface area is 81.2 Å². The van der Waals surface area contributed by atoms with Gasteiger partial charge in [-0.05, 0) is 12.1 Å². The van der Waals surface area contributed by atoms with Crippen molar-refractivity contribution in [3.05, 3.63) is 36.7 Å². The van der Waals surface area contributed by atoms with Crippen molar-refractivity contribution >= 4 is 5.69 Å². The van der Waals surface area contributed by atoms with Gasteiger partial charge in [-0.25, -0.2) is 0 Å². The van der Waals surface area contributed by atoms with Crippen molar-refractivity contribution < 1.29 is 4.52 Å². The molecule has 2 aromatic heterocycles. The van der Waals surface area contributed by atoms with Crippen molar-refractivity contribution in [3.8, 4) is 0 Å². The Morgan fingerprint density at radius 3 is 2.86 bits per heavy atom. The van der Waals surface area contributed by atoms with Gasteiger partial charge < -0.3 is 9.84 Å². The molecule has 0 fully saturated rings. The van der Waals surface area contributed by atoms with Crippen LogP contribution in [0.15, 0.2) is 35.4 Å². The van der Waals surface area contributed by atoms with Crippen LogP contribution < -0.4 is 5.32 Å². The highest BCUT2D eigenvalue weighted by atomic mass is 16.5. The van der Waals surface area contributed by atoms with Gasteiger partial charge in [-0.3, -0.25) is 4.98 Å². The van der Waals surface area contributed by atoms with Crippen LogP contribution in [0.3, 0.4) is 0 Å². The lowest BCUT2D eigenvalue weighted by Gasteiger charge is -2.02. The molecule has 0 atom stereocenters. The number of hydrogen-bond acceptors (Lipinski definition) is 5. The Kier molecular flexibility index (Phi) is 2.70. The van der Waals surface area contributed by atoms with Gasteiger partial charge in [-0.2, -0.15) is 4.98 Å². The fourth-order valence-corrected chi connectivity index (χ4v) is 1.09. The molecule has 72 valence electrons. The monoisotopic (exact) mass is 190 g/mol. The number of nitrogens with one attached hydrogen (secondary N) is 1. The molecule has 2 heterocycles. The molecule has 0 aliphatic rings. The van der Waals surface area contributed by atoms with Crippen molar-refractivity contribution in [2.24, 2.45) is 0 Å². The largest absolute Gasteiger partial charge is 0.384 e. The Morgan fingerprint density at radius 2 is 2.14 bits per heavy atom. The van der Waals surface area contributed by atoms with Crippen LogP contribution in [0.1, 0.15) is 5.89 Å². The quantitative estimate of drug-likeness (QED) is 0.782. The van der Waals surface area contributed by atoms with E-state index in [1.54, 1.807) is 12.4 Å². The molecule has 0 unspecified atom stereocenters. The van der Waals surface area contributed by atoms with Gasteiger partial charge in [0, 0.05) is 31.0 Å². The second-order valence-corrected chi connectivity index (χ2v) is 2.75. The minimum Gasteiger partial charge on any atom is -0.384 e. The number of aromatic nitrogens is 3. The summed E-state index contributed by atoms with van der Waals surface area (Å²) >= 11 is 0. The highest BCUT2D eigenvalue weighted by Gasteiger charge is 1.97. The van der Waals surface area contributed by atoms with E-state index in [0.29, 0.717) is 5.89 Å². The molecule has 0 saturated heterocycles. The van der Waals surface area contributed by atoms with E-state index in [1.165, 1.54) is 6.33 Å². The standard InChI is InChI=1S/C9H10N4O/c1-4-10-5-2-8(1)11-6-3-9-12-7-13-14-9/h1-2,4-5,7H,3,6H2,(H,10,11). The third-order valence-corrected chi connectivity index (χ3v) is 1.76. The van der Waals surface area contributed by atoms with Crippen molar-refractivity contribution in [3.63, 3.8) is 0 Å². The van der Waals surface area contributed by atoms with Gasteiger partial charge in [0.15, 0.2) is 6.33 Å². The predicted molar refractivity (Wildman–Crippen MR) is 50.7 cm³/mol. The van der Waals surface area contributed by atoms with Gasteiger partial charge in [0.2, 0.25) is 5.89 Å². The first-order valence-electron chi connectivity index (χ1n) is 4.34. The molecule has 0 bridgehead atoms. The molecule has 0 aliphatic carbocycles. The number of hydrogen-bond donors (Lipinski definition) is 1. The fourth-order valence-electron chi connectivity index (χ4n) is 1.09. The molecule has 1 N–H and O–H groups in total. The molecule has 0 saturated carbocycles. The maximum absolute atomic E-state index is 4.86. The average molecular weight is 190 g/mol. The van der Waals surface area contributed by atoms with Crippen LogP contribution in [0.25, 0.3) is 0 Å². The molecule has 14 heavy (non-hydrogen) atoms. The average Bonchev–Trinajstić information content (AvgIpc) is 2.72. The second kappa shape index (κ2) is 4.36. The molecule has 2 aromatic rings. The molecular formula is C9H10N4O. The lowest BCUT2D eigenvalue weighted by atomic mass is 10.3. The van der Waals surface area contributed by atoms with Crippen molar-refractivity contribution in [2.75, 3.05) is 11.9 Å². The van der Waals surface area contributed by atoms with Gasteiger partial charge in [-0.15, -0.1) is 0 Å². The third-order valence-electron chi connectivity index (χ3n) is 1.76. The first kappa shape index (κ1) is 8.68. The molecule has 0 spiro atoms. The summed E-state index contributed by atoms with van der Waals surface area (Å²) in [6.45, 7) is 0.770. The lowest BCUT2D eigenvalue weighted by Crippen LogP contribution is -2.04. The fraction of sp³-hybridized carbons (Fsp3) is 0.222. The van der Waals surface area contributed by atoms with Crippen LogP contribution in [0.5, 0.6) is 0 Å². The number of pyridine rings is 1. The molecule has 5 nitrogen and oxygen atoms in total. The number of nitrogens with zero attached hydrogens (tertiary/aromatic N) is 3. The zero-order valence-corrected chi connectivity index (χ0v) is 7.55. The van der Waals surface area contributed by atoms with E-state index in [0.717, 1.165) is 18.7 Å². The Bertz CT molecular complexity index is 360. The summed E-state index contributed by atoms with van der Waals surface area (Å²) in [6, 6.07) is 3.82. The summed E-state index contributed by atoms with van der Waals surface area (Å²) in [6.07, 6.45) is 5.62. The van der Waals surface area contributed by atoms with E-state index < -0.39 is 0 Å². The molecule has 5 heteroatoms. The highest BCUT2D eigenvalue weighted by Crippen LogP contribution is 2.03. The number of rotatable bonds is 4. The first-order chi connectivity index (χ1) is 6.95. The summed E-state index contributed by atoms with van der Waals surface area (Å²) in [4.78, 5) is 7.84. The van der Waals surface area contributed by atoms with Crippen LogP contribution in [-0.2, 0) is 6.42 Å². The zero-order chi connectivity index (χ0) is 9.64. The summed E-state index contributed by atoms with van der Waals surface area (Å²) in [5.74, 6) is 0.645. The Morgan fingerprint density at radius 1 is 1.29 bits per heavy atom. The molecule has 0 radical (unpaired) electrons. The van der Waals surface area contributed by atoms with E-state index in [1.807, 2.05) is 12.1 Å². The Hall–Kier alpha value is -1.91. The molecular weight excluding hydrogens is 180 g/mol.